The molecule has 1 fully saturated rings. The van der Waals surface area contributed by atoms with Crippen molar-refractivity contribution in [1.29, 1.82) is 0 Å². The molecular formula is C21H23N3O2. The topological polar surface area (TPSA) is 62.1 Å². The number of hydrogen-bond acceptors (Lipinski definition) is 3. The number of likely N-dealkylation sites (tertiary alicyclic amines) is 1. The number of aromatic nitrogens is 2. The van der Waals surface area contributed by atoms with Gasteiger partial charge in [-0.15, -0.1) is 0 Å². The summed E-state index contributed by atoms with van der Waals surface area (Å²) in [6, 6.07) is 16.1. The normalized spacial score (nSPS) is 15.3. The van der Waals surface area contributed by atoms with Crippen molar-refractivity contribution in [2.24, 2.45) is 5.92 Å². The monoisotopic (exact) mass is 349 g/mol. The van der Waals surface area contributed by atoms with Gasteiger partial charge in [0.1, 0.15) is 11.5 Å². The van der Waals surface area contributed by atoms with Crippen molar-refractivity contribution in [3.05, 3.63) is 65.5 Å². The lowest BCUT2D eigenvalue weighted by atomic mass is 9.90. The average molecular weight is 349 g/mol. The number of aromatic amines is 1. The summed E-state index contributed by atoms with van der Waals surface area (Å²) in [7, 11) is 0. The summed E-state index contributed by atoms with van der Waals surface area (Å²) in [5.74, 6) is 2.18. The molecule has 0 bridgehead atoms. The summed E-state index contributed by atoms with van der Waals surface area (Å²) < 4.78 is 5.58. The highest BCUT2D eigenvalue weighted by Gasteiger charge is 2.25. The van der Waals surface area contributed by atoms with Crippen LogP contribution in [-0.2, 0) is 6.42 Å². The maximum atomic E-state index is 12.7. The lowest BCUT2D eigenvalue weighted by molar-refractivity contribution is 0.0684. The molecule has 1 aliphatic rings. The first-order valence-electron chi connectivity index (χ1n) is 9.14. The van der Waals surface area contributed by atoms with E-state index in [4.69, 9.17) is 4.42 Å². The molecule has 3 aromatic rings. The summed E-state index contributed by atoms with van der Waals surface area (Å²) >= 11 is 0. The summed E-state index contributed by atoms with van der Waals surface area (Å²) in [5, 5.41) is 7.09. The molecule has 1 saturated heterocycles. The zero-order valence-corrected chi connectivity index (χ0v) is 14.9. The highest BCUT2D eigenvalue weighted by molar-refractivity contribution is 5.93. The van der Waals surface area contributed by atoms with Crippen molar-refractivity contribution < 1.29 is 9.21 Å². The second kappa shape index (κ2) is 7.20. The smallest absolute Gasteiger partial charge is 0.274 e. The number of rotatable bonds is 4. The molecule has 0 spiro atoms. The first-order chi connectivity index (χ1) is 12.7. The number of amides is 1. The SMILES string of the molecule is Cc1ccc(-c2cc(C(=O)N3CCC(Cc4ccccc4)CC3)n[nH]2)o1. The predicted octanol–water partition coefficient (Wildman–Crippen LogP) is 4.07. The Kier molecular flexibility index (Phi) is 4.61. The number of furan rings is 1. The molecular weight excluding hydrogens is 326 g/mol. The molecule has 3 heterocycles. The van der Waals surface area contributed by atoms with Gasteiger partial charge in [-0.3, -0.25) is 9.89 Å². The molecule has 1 aromatic carbocycles. The molecule has 2 aromatic heterocycles. The number of carbonyl (C=O) groups is 1. The summed E-state index contributed by atoms with van der Waals surface area (Å²) in [6.45, 7) is 3.47. The number of nitrogens with zero attached hydrogens (tertiary/aromatic N) is 2. The maximum Gasteiger partial charge on any atom is 0.274 e. The highest BCUT2D eigenvalue weighted by atomic mass is 16.3. The number of piperidine rings is 1. The molecule has 0 atom stereocenters. The van der Waals surface area contributed by atoms with Crippen LogP contribution in [0.25, 0.3) is 11.5 Å². The minimum absolute atomic E-state index is 0.00561. The fourth-order valence-electron chi connectivity index (χ4n) is 3.59. The maximum absolute atomic E-state index is 12.7. The van der Waals surface area contributed by atoms with E-state index in [0.717, 1.165) is 43.8 Å². The number of hydrogen-bond donors (Lipinski definition) is 1. The van der Waals surface area contributed by atoms with E-state index in [2.05, 4.69) is 34.5 Å². The first-order valence-corrected chi connectivity index (χ1v) is 9.14. The predicted molar refractivity (Wildman–Crippen MR) is 99.8 cm³/mol. The van der Waals surface area contributed by atoms with Crippen molar-refractivity contribution >= 4 is 5.91 Å². The quantitative estimate of drug-likeness (QED) is 0.772. The molecule has 1 N–H and O–H groups in total. The van der Waals surface area contributed by atoms with E-state index in [0.29, 0.717) is 17.4 Å². The van der Waals surface area contributed by atoms with Crippen LogP contribution in [-0.4, -0.2) is 34.1 Å². The van der Waals surface area contributed by atoms with Gasteiger partial charge in [0.05, 0.1) is 0 Å². The van der Waals surface area contributed by atoms with E-state index >= 15 is 0 Å². The van der Waals surface area contributed by atoms with Crippen LogP contribution < -0.4 is 0 Å². The number of nitrogens with one attached hydrogen (secondary N) is 1. The Morgan fingerprint density at radius 3 is 2.65 bits per heavy atom. The van der Waals surface area contributed by atoms with Gasteiger partial charge in [0.2, 0.25) is 0 Å². The molecule has 0 saturated carbocycles. The van der Waals surface area contributed by atoms with Crippen LogP contribution in [0.15, 0.2) is 52.9 Å². The van der Waals surface area contributed by atoms with Crippen molar-refractivity contribution in [1.82, 2.24) is 15.1 Å². The molecule has 4 rings (SSSR count). The van der Waals surface area contributed by atoms with E-state index in [1.54, 1.807) is 6.07 Å². The van der Waals surface area contributed by atoms with Gasteiger partial charge >= 0.3 is 0 Å². The molecule has 5 nitrogen and oxygen atoms in total. The lowest BCUT2D eigenvalue weighted by Gasteiger charge is -2.31. The molecule has 0 radical (unpaired) electrons. The zero-order chi connectivity index (χ0) is 17.9. The van der Waals surface area contributed by atoms with Gasteiger partial charge in [-0.1, -0.05) is 30.3 Å². The van der Waals surface area contributed by atoms with Crippen molar-refractivity contribution in [2.75, 3.05) is 13.1 Å². The Labute approximate surface area is 153 Å². The van der Waals surface area contributed by atoms with Crippen molar-refractivity contribution in [3.63, 3.8) is 0 Å². The van der Waals surface area contributed by atoms with Gasteiger partial charge in [0.25, 0.3) is 5.91 Å². The van der Waals surface area contributed by atoms with Gasteiger partial charge in [-0.05, 0) is 49.8 Å². The number of carbonyl (C=O) groups excluding carboxylic acids is 1. The molecule has 1 amide bonds. The third kappa shape index (κ3) is 3.57. The fourth-order valence-corrected chi connectivity index (χ4v) is 3.59. The van der Waals surface area contributed by atoms with E-state index in [1.807, 2.05) is 30.0 Å². The van der Waals surface area contributed by atoms with E-state index in [-0.39, 0.29) is 5.91 Å². The van der Waals surface area contributed by atoms with Gasteiger partial charge in [0.15, 0.2) is 11.5 Å². The number of aryl methyl sites for hydroxylation is 1. The molecule has 0 aliphatic carbocycles. The van der Waals surface area contributed by atoms with Crippen LogP contribution in [0.1, 0.15) is 34.7 Å². The minimum Gasteiger partial charge on any atom is -0.460 e. The third-order valence-electron chi connectivity index (χ3n) is 5.07. The minimum atomic E-state index is -0.00561. The standard InChI is InChI=1S/C21H23N3O2/c1-15-7-8-20(26-15)18-14-19(23-22-18)21(25)24-11-9-17(10-12-24)13-16-5-3-2-4-6-16/h2-8,14,17H,9-13H2,1H3,(H,22,23). The Morgan fingerprint density at radius 2 is 1.96 bits per heavy atom. The second-order valence-corrected chi connectivity index (χ2v) is 7.00. The van der Waals surface area contributed by atoms with Gasteiger partial charge in [-0.25, -0.2) is 0 Å². The van der Waals surface area contributed by atoms with E-state index in [1.165, 1.54) is 5.56 Å². The molecule has 5 heteroatoms. The largest absolute Gasteiger partial charge is 0.460 e. The summed E-state index contributed by atoms with van der Waals surface area (Å²) in [5.41, 5.74) is 2.57. The second-order valence-electron chi connectivity index (χ2n) is 7.00. The van der Waals surface area contributed by atoms with Crippen LogP contribution in [0.3, 0.4) is 0 Å². The Balaban J connectivity index is 1.36. The summed E-state index contributed by atoms with van der Waals surface area (Å²) in [4.78, 5) is 14.6. The zero-order valence-electron chi connectivity index (χ0n) is 14.9. The molecule has 134 valence electrons. The van der Waals surface area contributed by atoms with Gasteiger partial charge in [0, 0.05) is 19.2 Å². The van der Waals surface area contributed by atoms with Gasteiger partial charge in [-0.2, -0.15) is 5.10 Å². The fraction of sp³-hybridized carbons (Fsp3) is 0.333. The van der Waals surface area contributed by atoms with Crippen molar-refractivity contribution in [3.8, 4) is 11.5 Å². The van der Waals surface area contributed by atoms with Crippen molar-refractivity contribution in [2.45, 2.75) is 26.2 Å². The van der Waals surface area contributed by atoms with Crippen LogP contribution in [0, 0.1) is 12.8 Å². The Morgan fingerprint density at radius 1 is 1.19 bits per heavy atom. The molecule has 0 unspecified atom stereocenters. The van der Waals surface area contributed by atoms with Crippen LogP contribution in [0.2, 0.25) is 0 Å². The molecule has 1 aliphatic heterocycles. The number of H-pyrrole nitrogens is 1. The third-order valence-corrected chi connectivity index (χ3v) is 5.07. The average Bonchev–Trinajstić information content (AvgIpc) is 3.32. The van der Waals surface area contributed by atoms with Crippen LogP contribution in [0.4, 0.5) is 0 Å². The van der Waals surface area contributed by atoms with E-state index < -0.39 is 0 Å². The first kappa shape index (κ1) is 16.6. The summed E-state index contributed by atoms with van der Waals surface area (Å²) in [6.07, 6.45) is 3.16. The molecule has 26 heavy (non-hydrogen) atoms. The van der Waals surface area contributed by atoms with E-state index in [9.17, 15) is 4.79 Å². The number of benzene rings is 1. The van der Waals surface area contributed by atoms with Crippen LogP contribution >= 0.6 is 0 Å². The Hall–Kier alpha value is -2.82. The lowest BCUT2D eigenvalue weighted by Crippen LogP contribution is -2.39. The Bertz CT molecular complexity index is 874. The van der Waals surface area contributed by atoms with Gasteiger partial charge < -0.3 is 9.32 Å². The highest BCUT2D eigenvalue weighted by Crippen LogP contribution is 2.24. The van der Waals surface area contributed by atoms with Crippen LogP contribution in [0.5, 0.6) is 0 Å².